The minimum Gasteiger partial charge on any atom is -0.376 e. The number of amides is 1. The van der Waals surface area contributed by atoms with Gasteiger partial charge in [0, 0.05) is 30.4 Å². The van der Waals surface area contributed by atoms with Crippen LogP contribution in [0, 0.1) is 0 Å². The number of hydrogen-bond donors (Lipinski definition) is 1. The predicted molar refractivity (Wildman–Crippen MR) is 71.6 cm³/mol. The molecule has 1 aliphatic rings. The molecule has 0 bridgehead atoms. The number of nitrogens with one attached hydrogen (secondary N) is 1. The first kappa shape index (κ1) is 13.4. The van der Waals surface area contributed by atoms with Crippen LogP contribution in [0.1, 0.15) is 19.3 Å². The van der Waals surface area contributed by atoms with E-state index in [2.05, 4.69) is 10.3 Å². The lowest BCUT2D eigenvalue weighted by Gasteiger charge is -2.22. The lowest BCUT2D eigenvalue weighted by Crippen LogP contribution is -2.36. The van der Waals surface area contributed by atoms with Crippen LogP contribution in [-0.4, -0.2) is 35.9 Å². The first-order valence-corrected chi connectivity index (χ1v) is 7.24. The molecule has 0 radical (unpaired) electrons. The van der Waals surface area contributed by atoms with Crippen LogP contribution >= 0.6 is 11.8 Å². The average Bonchev–Trinajstić information content (AvgIpc) is 2.45. The van der Waals surface area contributed by atoms with Crippen LogP contribution in [0.4, 0.5) is 0 Å². The molecular weight excluding hydrogens is 248 g/mol. The molecule has 1 aromatic rings. The van der Waals surface area contributed by atoms with E-state index in [4.69, 9.17) is 4.74 Å². The molecule has 0 aromatic carbocycles. The largest absolute Gasteiger partial charge is 0.376 e. The van der Waals surface area contributed by atoms with E-state index in [-0.39, 0.29) is 12.0 Å². The normalized spacial score (nSPS) is 19.4. The number of ether oxygens (including phenoxy) is 1. The molecule has 2 heterocycles. The Hall–Kier alpha value is -1.07. The van der Waals surface area contributed by atoms with E-state index in [1.807, 2.05) is 12.1 Å². The maximum absolute atomic E-state index is 11.7. The van der Waals surface area contributed by atoms with Crippen molar-refractivity contribution >= 4 is 17.7 Å². The second-order valence-electron chi connectivity index (χ2n) is 4.26. The molecule has 0 saturated carbocycles. The van der Waals surface area contributed by atoms with E-state index < -0.39 is 0 Å². The molecule has 4 nitrogen and oxygen atoms in total. The highest BCUT2D eigenvalue weighted by Gasteiger charge is 2.14. The molecule has 0 spiro atoms. The third-order valence-corrected chi connectivity index (χ3v) is 3.83. The van der Waals surface area contributed by atoms with E-state index in [0.717, 1.165) is 24.3 Å². The van der Waals surface area contributed by atoms with E-state index in [1.54, 1.807) is 12.4 Å². The third-order valence-electron chi connectivity index (χ3n) is 2.82. The van der Waals surface area contributed by atoms with Gasteiger partial charge in [-0.25, -0.2) is 0 Å². The zero-order chi connectivity index (χ0) is 12.6. The van der Waals surface area contributed by atoms with Crippen LogP contribution < -0.4 is 5.32 Å². The van der Waals surface area contributed by atoms with Crippen LogP contribution in [0.25, 0.3) is 0 Å². The van der Waals surface area contributed by atoms with Crippen molar-refractivity contribution in [3.63, 3.8) is 0 Å². The molecule has 5 heteroatoms. The average molecular weight is 266 g/mol. The van der Waals surface area contributed by atoms with Gasteiger partial charge < -0.3 is 10.1 Å². The maximum atomic E-state index is 11.7. The Balaban J connectivity index is 1.63. The van der Waals surface area contributed by atoms with E-state index >= 15 is 0 Å². The summed E-state index contributed by atoms with van der Waals surface area (Å²) in [4.78, 5) is 16.7. The van der Waals surface area contributed by atoms with Crippen LogP contribution in [0.5, 0.6) is 0 Å². The molecule has 1 amide bonds. The molecule has 0 aliphatic carbocycles. The summed E-state index contributed by atoms with van der Waals surface area (Å²) in [5.41, 5.74) is 0. The minimum atomic E-state index is 0.0611. The van der Waals surface area contributed by atoms with Gasteiger partial charge in [0.1, 0.15) is 0 Å². The quantitative estimate of drug-likeness (QED) is 0.827. The first-order valence-electron chi connectivity index (χ1n) is 6.26. The Kier molecular flexibility index (Phi) is 5.48. The Labute approximate surface area is 112 Å². The van der Waals surface area contributed by atoms with Gasteiger partial charge in [-0.1, -0.05) is 0 Å². The van der Waals surface area contributed by atoms with Crippen molar-refractivity contribution in [3.8, 4) is 0 Å². The molecule has 1 fully saturated rings. The maximum Gasteiger partial charge on any atom is 0.230 e. The summed E-state index contributed by atoms with van der Waals surface area (Å²) in [6, 6.07) is 3.81. The minimum absolute atomic E-state index is 0.0611. The van der Waals surface area contributed by atoms with Crippen molar-refractivity contribution < 1.29 is 9.53 Å². The van der Waals surface area contributed by atoms with Crippen LogP contribution in [0.2, 0.25) is 0 Å². The molecule has 1 aromatic heterocycles. The Morgan fingerprint density at radius 1 is 1.44 bits per heavy atom. The van der Waals surface area contributed by atoms with Gasteiger partial charge in [0.05, 0.1) is 11.9 Å². The van der Waals surface area contributed by atoms with Gasteiger partial charge in [-0.15, -0.1) is 11.8 Å². The number of thioether (sulfide) groups is 1. The molecule has 98 valence electrons. The highest BCUT2D eigenvalue weighted by Crippen LogP contribution is 2.15. The van der Waals surface area contributed by atoms with Gasteiger partial charge in [-0.3, -0.25) is 9.78 Å². The summed E-state index contributed by atoms with van der Waals surface area (Å²) in [5, 5.41) is 2.92. The van der Waals surface area contributed by atoms with Crippen molar-refractivity contribution in [2.75, 3.05) is 18.9 Å². The Morgan fingerprint density at radius 2 is 2.28 bits per heavy atom. The summed E-state index contributed by atoms with van der Waals surface area (Å²) in [6.45, 7) is 1.46. The molecule has 1 saturated heterocycles. The van der Waals surface area contributed by atoms with Crippen LogP contribution in [0.3, 0.4) is 0 Å². The summed E-state index contributed by atoms with van der Waals surface area (Å²) in [7, 11) is 0. The number of hydrogen-bond acceptors (Lipinski definition) is 4. The summed E-state index contributed by atoms with van der Waals surface area (Å²) in [6.07, 6.45) is 7.06. The van der Waals surface area contributed by atoms with Crippen molar-refractivity contribution in [1.29, 1.82) is 0 Å². The molecule has 2 rings (SSSR count). The van der Waals surface area contributed by atoms with Crippen molar-refractivity contribution in [2.45, 2.75) is 30.3 Å². The SMILES string of the molecule is O=C(CSc1ccncc1)NC[C@@H]1CCCCO1. The number of aromatic nitrogens is 1. The third kappa shape index (κ3) is 4.66. The summed E-state index contributed by atoms with van der Waals surface area (Å²) >= 11 is 1.52. The highest BCUT2D eigenvalue weighted by molar-refractivity contribution is 8.00. The van der Waals surface area contributed by atoms with Gasteiger partial charge in [-0.05, 0) is 31.4 Å². The molecule has 0 unspecified atom stereocenters. The zero-order valence-corrected chi connectivity index (χ0v) is 11.1. The second kappa shape index (κ2) is 7.38. The van der Waals surface area contributed by atoms with E-state index in [1.165, 1.54) is 18.2 Å². The van der Waals surface area contributed by atoms with Gasteiger partial charge >= 0.3 is 0 Å². The number of pyridine rings is 1. The fraction of sp³-hybridized carbons (Fsp3) is 0.538. The number of carbonyl (C=O) groups excluding carboxylic acids is 1. The van der Waals surface area contributed by atoms with Crippen LogP contribution in [-0.2, 0) is 9.53 Å². The number of nitrogens with zero attached hydrogens (tertiary/aromatic N) is 1. The van der Waals surface area contributed by atoms with Gasteiger partial charge in [0.25, 0.3) is 0 Å². The van der Waals surface area contributed by atoms with Gasteiger partial charge in [0.2, 0.25) is 5.91 Å². The van der Waals surface area contributed by atoms with E-state index in [0.29, 0.717) is 12.3 Å². The second-order valence-corrected chi connectivity index (χ2v) is 5.31. The van der Waals surface area contributed by atoms with Crippen molar-refractivity contribution in [2.24, 2.45) is 0 Å². The topological polar surface area (TPSA) is 51.2 Å². The Bertz CT molecular complexity index is 367. The first-order chi connectivity index (χ1) is 8.84. The van der Waals surface area contributed by atoms with Crippen LogP contribution in [0.15, 0.2) is 29.4 Å². The number of carbonyl (C=O) groups is 1. The van der Waals surface area contributed by atoms with Crippen molar-refractivity contribution in [3.05, 3.63) is 24.5 Å². The zero-order valence-electron chi connectivity index (χ0n) is 10.3. The summed E-state index contributed by atoms with van der Waals surface area (Å²) < 4.78 is 5.56. The standard InChI is InChI=1S/C13H18N2O2S/c16-13(10-18-12-4-6-14-7-5-12)15-9-11-3-1-2-8-17-11/h4-7,11H,1-3,8-10H2,(H,15,16)/t11-/m0/s1. The molecule has 18 heavy (non-hydrogen) atoms. The smallest absolute Gasteiger partial charge is 0.230 e. The molecule has 1 N–H and O–H groups in total. The highest BCUT2D eigenvalue weighted by atomic mass is 32.2. The fourth-order valence-electron chi connectivity index (χ4n) is 1.83. The molecule has 1 aliphatic heterocycles. The van der Waals surface area contributed by atoms with Gasteiger partial charge in [0.15, 0.2) is 0 Å². The predicted octanol–water partition coefficient (Wildman–Crippen LogP) is 1.86. The van der Waals surface area contributed by atoms with Crippen molar-refractivity contribution in [1.82, 2.24) is 10.3 Å². The lowest BCUT2D eigenvalue weighted by molar-refractivity contribution is -0.119. The number of rotatable bonds is 5. The molecular formula is C13H18N2O2S. The van der Waals surface area contributed by atoms with E-state index in [9.17, 15) is 4.79 Å². The molecule has 1 atom stereocenters. The monoisotopic (exact) mass is 266 g/mol. The Morgan fingerprint density at radius 3 is 3.00 bits per heavy atom. The fourth-order valence-corrected chi connectivity index (χ4v) is 2.54. The summed E-state index contributed by atoms with van der Waals surface area (Å²) in [5.74, 6) is 0.502. The van der Waals surface area contributed by atoms with Gasteiger partial charge in [-0.2, -0.15) is 0 Å². The lowest BCUT2D eigenvalue weighted by atomic mass is 10.1.